The number of pyridine rings is 1. The van der Waals surface area contributed by atoms with E-state index in [0.29, 0.717) is 15.6 Å². The second kappa shape index (κ2) is 4.97. The Hall–Kier alpha value is -1.76. The van der Waals surface area contributed by atoms with Crippen molar-refractivity contribution in [3.63, 3.8) is 0 Å². The van der Waals surface area contributed by atoms with Gasteiger partial charge in [-0.2, -0.15) is 5.26 Å². The van der Waals surface area contributed by atoms with Crippen LogP contribution in [0, 0.1) is 11.3 Å². The molecule has 3 nitrogen and oxygen atoms in total. The summed E-state index contributed by atoms with van der Waals surface area (Å²) in [6, 6.07) is 7.54. The number of fused-ring (bicyclic) bond motifs is 1. The lowest BCUT2D eigenvalue weighted by atomic mass is 9.95. The van der Waals surface area contributed by atoms with Crippen LogP contribution in [-0.4, -0.2) is 4.98 Å². The topological polar surface area (TPSA) is 62.7 Å². The number of hydrogen-bond donors (Lipinski definition) is 1. The molecule has 100 valence electrons. The van der Waals surface area contributed by atoms with Crippen molar-refractivity contribution in [3.05, 3.63) is 45.1 Å². The van der Waals surface area contributed by atoms with Gasteiger partial charge in [-0.3, -0.25) is 0 Å². The molecule has 2 N–H and O–H groups in total. The summed E-state index contributed by atoms with van der Waals surface area (Å²) in [6.45, 7) is 0. The molecule has 5 heteroatoms. The van der Waals surface area contributed by atoms with E-state index in [0.717, 1.165) is 41.6 Å². The molecule has 0 aliphatic heterocycles. The van der Waals surface area contributed by atoms with Crippen LogP contribution in [0.15, 0.2) is 18.2 Å². The van der Waals surface area contributed by atoms with Gasteiger partial charge >= 0.3 is 0 Å². The number of nitrogens with zero attached hydrogens (tertiary/aromatic N) is 2. The number of aryl methyl sites for hydroxylation is 1. The lowest BCUT2D eigenvalue weighted by molar-refractivity contribution is 0.900. The second-order valence-corrected chi connectivity index (χ2v) is 5.58. The third kappa shape index (κ3) is 2.02. The quantitative estimate of drug-likeness (QED) is 0.866. The first kappa shape index (κ1) is 13.2. The van der Waals surface area contributed by atoms with E-state index >= 15 is 0 Å². The molecule has 0 spiro atoms. The largest absolute Gasteiger partial charge is 0.383 e. The first-order valence-corrected chi connectivity index (χ1v) is 7.04. The number of hydrogen-bond acceptors (Lipinski definition) is 3. The van der Waals surface area contributed by atoms with Crippen molar-refractivity contribution in [2.24, 2.45) is 0 Å². The summed E-state index contributed by atoms with van der Waals surface area (Å²) >= 11 is 12.0. The van der Waals surface area contributed by atoms with Crippen LogP contribution in [0.25, 0.3) is 11.1 Å². The highest BCUT2D eigenvalue weighted by Crippen LogP contribution is 2.38. The number of nitrogen functional groups attached to an aromatic ring is 1. The second-order valence-electron chi connectivity index (χ2n) is 4.77. The van der Waals surface area contributed by atoms with Crippen LogP contribution in [0.5, 0.6) is 0 Å². The summed E-state index contributed by atoms with van der Waals surface area (Å²) in [5.41, 5.74) is 10.1. The van der Waals surface area contributed by atoms with Gasteiger partial charge in [-0.05, 0) is 42.5 Å². The summed E-state index contributed by atoms with van der Waals surface area (Å²) < 4.78 is 0. The highest BCUT2D eigenvalue weighted by Gasteiger charge is 2.23. The normalized spacial score (nSPS) is 13.1. The first-order valence-electron chi connectivity index (χ1n) is 6.28. The van der Waals surface area contributed by atoms with Crippen LogP contribution in [0.2, 0.25) is 10.0 Å². The molecule has 2 aromatic rings. The van der Waals surface area contributed by atoms with Gasteiger partial charge in [0.15, 0.2) is 0 Å². The SMILES string of the molecule is N#Cc1c(N)nc2c(c1-c1ccc(Cl)c(Cl)c1)CCC2. The molecule has 0 unspecified atom stereocenters. The maximum absolute atomic E-state index is 9.39. The zero-order chi connectivity index (χ0) is 14.3. The monoisotopic (exact) mass is 303 g/mol. The van der Waals surface area contributed by atoms with E-state index < -0.39 is 0 Å². The van der Waals surface area contributed by atoms with Crippen molar-refractivity contribution in [2.45, 2.75) is 19.3 Å². The summed E-state index contributed by atoms with van der Waals surface area (Å²) in [5.74, 6) is 0.286. The predicted octanol–water partition coefficient (Wildman–Crippen LogP) is 4.00. The van der Waals surface area contributed by atoms with Crippen LogP contribution < -0.4 is 5.73 Å². The fraction of sp³-hybridized carbons (Fsp3) is 0.200. The highest BCUT2D eigenvalue weighted by atomic mass is 35.5. The van der Waals surface area contributed by atoms with Crippen LogP contribution in [-0.2, 0) is 12.8 Å². The van der Waals surface area contributed by atoms with Gasteiger partial charge in [0.25, 0.3) is 0 Å². The minimum Gasteiger partial charge on any atom is -0.383 e. The van der Waals surface area contributed by atoms with Crippen molar-refractivity contribution in [1.29, 1.82) is 5.26 Å². The molecule has 1 aliphatic carbocycles. The number of benzene rings is 1. The Morgan fingerprint density at radius 3 is 2.70 bits per heavy atom. The zero-order valence-electron chi connectivity index (χ0n) is 10.6. The fourth-order valence-corrected chi connectivity index (χ4v) is 2.98. The molecule has 0 bridgehead atoms. The summed E-state index contributed by atoms with van der Waals surface area (Å²) in [6.07, 6.45) is 2.84. The molecule has 3 rings (SSSR count). The van der Waals surface area contributed by atoms with Gasteiger partial charge in [0.2, 0.25) is 0 Å². The number of rotatable bonds is 1. The third-order valence-corrected chi connectivity index (χ3v) is 4.31. The molecule has 20 heavy (non-hydrogen) atoms. The maximum atomic E-state index is 9.39. The van der Waals surface area contributed by atoms with E-state index in [1.54, 1.807) is 12.1 Å². The Balaban J connectivity index is 2.32. The lowest BCUT2D eigenvalue weighted by Crippen LogP contribution is -2.03. The molecule has 0 radical (unpaired) electrons. The minimum atomic E-state index is 0.286. The van der Waals surface area contributed by atoms with Gasteiger partial charge in [-0.1, -0.05) is 29.3 Å². The number of halogens is 2. The molecule has 0 amide bonds. The van der Waals surface area contributed by atoms with E-state index in [1.165, 1.54) is 0 Å². The predicted molar refractivity (Wildman–Crippen MR) is 80.8 cm³/mol. The van der Waals surface area contributed by atoms with E-state index in [1.807, 2.05) is 6.07 Å². The molecule has 1 aromatic heterocycles. The molecule has 1 aromatic carbocycles. The standard InChI is InChI=1S/C15H11Cl2N3/c16-11-5-4-8(6-12(11)17)14-9-2-1-3-13(9)20-15(19)10(14)7-18/h4-6H,1-3H2,(H2,19,20). The van der Waals surface area contributed by atoms with E-state index in [9.17, 15) is 5.26 Å². The molecule has 1 aliphatic rings. The number of nitriles is 1. The van der Waals surface area contributed by atoms with Crippen molar-refractivity contribution >= 4 is 29.0 Å². The van der Waals surface area contributed by atoms with Crippen molar-refractivity contribution in [1.82, 2.24) is 4.98 Å². The lowest BCUT2D eigenvalue weighted by Gasteiger charge is -2.13. The maximum Gasteiger partial charge on any atom is 0.142 e. The van der Waals surface area contributed by atoms with Crippen molar-refractivity contribution in [2.75, 3.05) is 5.73 Å². The zero-order valence-corrected chi connectivity index (χ0v) is 12.1. The molecule has 1 heterocycles. The van der Waals surface area contributed by atoms with E-state index in [-0.39, 0.29) is 5.82 Å². The Morgan fingerprint density at radius 1 is 1.20 bits per heavy atom. The number of nitrogens with two attached hydrogens (primary N) is 1. The van der Waals surface area contributed by atoms with Crippen LogP contribution in [0.4, 0.5) is 5.82 Å². The summed E-state index contributed by atoms with van der Waals surface area (Å²) in [4.78, 5) is 4.35. The number of anilines is 1. The van der Waals surface area contributed by atoms with Crippen LogP contribution in [0.3, 0.4) is 0 Å². The van der Waals surface area contributed by atoms with Gasteiger partial charge in [-0.25, -0.2) is 4.98 Å². The Bertz CT molecular complexity index is 747. The van der Waals surface area contributed by atoms with Gasteiger partial charge in [0, 0.05) is 11.3 Å². The molecule has 0 atom stereocenters. The molecule has 0 saturated carbocycles. The Morgan fingerprint density at radius 2 is 2.00 bits per heavy atom. The minimum absolute atomic E-state index is 0.286. The molecule has 0 fully saturated rings. The Labute approximate surface area is 127 Å². The van der Waals surface area contributed by atoms with Crippen molar-refractivity contribution < 1.29 is 0 Å². The van der Waals surface area contributed by atoms with E-state index in [4.69, 9.17) is 28.9 Å². The average Bonchev–Trinajstić information content (AvgIpc) is 2.88. The molecular formula is C15H11Cl2N3. The van der Waals surface area contributed by atoms with Gasteiger partial charge in [0.1, 0.15) is 17.5 Å². The number of aromatic nitrogens is 1. The van der Waals surface area contributed by atoms with Gasteiger partial charge in [0.05, 0.1) is 10.0 Å². The van der Waals surface area contributed by atoms with Crippen LogP contribution >= 0.6 is 23.2 Å². The Kier molecular flexibility index (Phi) is 3.29. The van der Waals surface area contributed by atoms with Crippen LogP contribution in [0.1, 0.15) is 23.2 Å². The van der Waals surface area contributed by atoms with Gasteiger partial charge < -0.3 is 5.73 Å². The van der Waals surface area contributed by atoms with Crippen molar-refractivity contribution in [3.8, 4) is 17.2 Å². The first-order chi connectivity index (χ1) is 9.61. The van der Waals surface area contributed by atoms with Gasteiger partial charge in [-0.15, -0.1) is 0 Å². The third-order valence-electron chi connectivity index (χ3n) is 3.57. The summed E-state index contributed by atoms with van der Waals surface area (Å²) in [5, 5.41) is 10.3. The fourth-order valence-electron chi connectivity index (χ4n) is 2.68. The molecular weight excluding hydrogens is 293 g/mol. The smallest absolute Gasteiger partial charge is 0.142 e. The highest BCUT2D eigenvalue weighted by molar-refractivity contribution is 6.42. The van der Waals surface area contributed by atoms with E-state index in [2.05, 4.69) is 11.1 Å². The molecule has 0 saturated heterocycles. The summed E-state index contributed by atoms with van der Waals surface area (Å²) in [7, 11) is 0. The average molecular weight is 304 g/mol.